The third-order valence-electron chi connectivity index (χ3n) is 4.37. The number of carbonyl (C=O) groups excluding carboxylic acids is 2. The van der Waals surface area contributed by atoms with Gasteiger partial charge < -0.3 is 9.64 Å². The summed E-state index contributed by atoms with van der Waals surface area (Å²) >= 11 is 0. The molecule has 25 heavy (non-hydrogen) atoms. The third kappa shape index (κ3) is 4.07. The van der Waals surface area contributed by atoms with Gasteiger partial charge in [-0.05, 0) is 25.5 Å². The monoisotopic (exact) mass is 341 g/mol. The summed E-state index contributed by atoms with van der Waals surface area (Å²) in [6, 6.07) is 11.6. The van der Waals surface area contributed by atoms with Crippen LogP contribution in [0.1, 0.15) is 35.1 Å². The molecule has 1 amide bonds. The van der Waals surface area contributed by atoms with E-state index in [0.29, 0.717) is 31.7 Å². The van der Waals surface area contributed by atoms with E-state index < -0.39 is 0 Å². The van der Waals surface area contributed by atoms with Crippen LogP contribution in [-0.4, -0.2) is 39.7 Å². The molecule has 1 aromatic heterocycles. The van der Waals surface area contributed by atoms with E-state index in [-0.39, 0.29) is 24.4 Å². The van der Waals surface area contributed by atoms with Gasteiger partial charge in [-0.2, -0.15) is 5.10 Å². The summed E-state index contributed by atoms with van der Waals surface area (Å²) in [6.07, 6.45) is 0.423. The molecule has 2 aromatic rings. The molecule has 0 bridgehead atoms. The number of carbonyl (C=O) groups is 2. The summed E-state index contributed by atoms with van der Waals surface area (Å²) in [7, 11) is 0. The molecule has 1 aliphatic heterocycles. The first-order valence-corrected chi connectivity index (χ1v) is 8.60. The summed E-state index contributed by atoms with van der Waals surface area (Å²) < 4.78 is 7.07. The van der Waals surface area contributed by atoms with E-state index in [0.717, 1.165) is 11.3 Å². The number of aryl methyl sites for hydroxylation is 2. The van der Waals surface area contributed by atoms with Crippen LogP contribution in [0.4, 0.5) is 0 Å². The van der Waals surface area contributed by atoms with Gasteiger partial charge in [-0.15, -0.1) is 0 Å². The topological polar surface area (TPSA) is 64.4 Å². The van der Waals surface area contributed by atoms with Gasteiger partial charge in [0.1, 0.15) is 5.69 Å². The molecule has 6 heteroatoms. The molecule has 0 radical (unpaired) electrons. The van der Waals surface area contributed by atoms with Crippen molar-refractivity contribution in [2.24, 2.45) is 5.92 Å². The van der Waals surface area contributed by atoms with Gasteiger partial charge in [-0.1, -0.05) is 30.3 Å². The van der Waals surface area contributed by atoms with Crippen molar-refractivity contribution in [2.75, 3.05) is 13.2 Å². The first-order valence-electron chi connectivity index (χ1n) is 8.60. The maximum atomic E-state index is 12.3. The first kappa shape index (κ1) is 17.2. The number of ether oxygens (including phenoxy) is 1. The van der Waals surface area contributed by atoms with Crippen LogP contribution >= 0.6 is 0 Å². The predicted molar refractivity (Wildman–Crippen MR) is 92.9 cm³/mol. The van der Waals surface area contributed by atoms with Gasteiger partial charge in [-0.3, -0.25) is 9.48 Å². The highest BCUT2D eigenvalue weighted by Crippen LogP contribution is 2.21. The second-order valence-corrected chi connectivity index (χ2v) is 6.42. The van der Waals surface area contributed by atoms with E-state index in [4.69, 9.17) is 4.74 Å². The number of likely N-dealkylation sites (tertiary alicyclic amines) is 1. The van der Waals surface area contributed by atoms with E-state index in [1.165, 1.54) is 0 Å². The van der Waals surface area contributed by atoms with Gasteiger partial charge >= 0.3 is 5.97 Å². The SMILES string of the molecule is CCn1nc(C)cc1C(=O)OC[C@@H]1CC(=O)N(Cc2ccccc2)C1. The maximum absolute atomic E-state index is 12.3. The number of amides is 1. The van der Waals surface area contributed by atoms with Gasteiger partial charge in [0.2, 0.25) is 5.91 Å². The highest BCUT2D eigenvalue weighted by atomic mass is 16.5. The zero-order valence-electron chi connectivity index (χ0n) is 14.6. The number of hydrogen-bond acceptors (Lipinski definition) is 4. The number of benzene rings is 1. The van der Waals surface area contributed by atoms with Crippen LogP contribution in [0, 0.1) is 12.8 Å². The van der Waals surface area contributed by atoms with Gasteiger partial charge in [0.15, 0.2) is 0 Å². The molecule has 1 saturated heterocycles. The summed E-state index contributed by atoms with van der Waals surface area (Å²) in [5.41, 5.74) is 2.36. The molecular formula is C19H23N3O3. The standard InChI is InChI=1S/C19H23N3O3/c1-3-22-17(9-14(2)20-22)19(24)25-13-16-10-18(23)21(12-16)11-15-7-5-4-6-8-15/h4-9,16H,3,10-13H2,1-2H3/t16-/m1/s1. The molecule has 132 valence electrons. The lowest BCUT2D eigenvalue weighted by molar-refractivity contribution is -0.128. The Kier molecular flexibility index (Phi) is 5.16. The third-order valence-corrected chi connectivity index (χ3v) is 4.37. The van der Waals surface area contributed by atoms with Crippen LogP contribution in [0.25, 0.3) is 0 Å². The average molecular weight is 341 g/mol. The molecule has 1 aromatic carbocycles. The molecule has 0 spiro atoms. The van der Waals surface area contributed by atoms with Crippen molar-refractivity contribution in [3.63, 3.8) is 0 Å². The minimum atomic E-state index is -0.378. The van der Waals surface area contributed by atoms with Crippen LogP contribution in [-0.2, 0) is 22.6 Å². The number of nitrogens with zero attached hydrogens (tertiary/aromatic N) is 3. The highest BCUT2D eigenvalue weighted by Gasteiger charge is 2.30. The van der Waals surface area contributed by atoms with Crippen LogP contribution in [0.2, 0.25) is 0 Å². The van der Waals surface area contributed by atoms with Crippen molar-refractivity contribution in [3.05, 3.63) is 53.3 Å². The van der Waals surface area contributed by atoms with E-state index >= 15 is 0 Å². The van der Waals surface area contributed by atoms with Crippen molar-refractivity contribution in [1.29, 1.82) is 0 Å². The number of esters is 1. The first-order chi connectivity index (χ1) is 12.1. The fourth-order valence-corrected chi connectivity index (χ4v) is 3.14. The minimum absolute atomic E-state index is 0.0410. The van der Waals surface area contributed by atoms with Crippen LogP contribution in [0.5, 0.6) is 0 Å². The summed E-state index contributed by atoms with van der Waals surface area (Å²) in [5.74, 6) is -0.227. The van der Waals surface area contributed by atoms with Gasteiger partial charge in [-0.25, -0.2) is 4.79 Å². The van der Waals surface area contributed by atoms with Crippen molar-refractivity contribution in [3.8, 4) is 0 Å². The molecule has 1 atom stereocenters. The lowest BCUT2D eigenvalue weighted by atomic mass is 10.1. The van der Waals surface area contributed by atoms with E-state index in [1.807, 2.05) is 49.1 Å². The zero-order chi connectivity index (χ0) is 17.8. The minimum Gasteiger partial charge on any atom is -0.461 e. The normalized spacial score (nSPS) is 17.1. The van der Waals surface area contributed by atoms with E-state index in [9.17, 15) is 9.59 Å². The Labute approximate surface area is 147 Å². The molecule has 0 saturated carbocycles. The highest BCUT2D eigenvalue weighted by molar-refractivity contribution is 5.87. The molecule has 6 nitrogen and oxygen atoms in total. The van der Waals surface area contributed by atoms with Gasteiger partial charge in [0, 0.05) is 32.0 Å². The number of rotatable bonds is 6. The Balaban J connectivity index is 1.54. The number of aromatic nitrogens is 2. The van der Waals surface area contributed by atoms with Crippen LogP contribution in [0.3, 0.4) is 0 Å². The van der Waals surface area contributed by atoms with Gasteiger partial charge in [0.05, 0.1) is 12.3 Å². The predicted octanol–water partition coefficient (Wildman–Crippen LogP) is 2.42. The van der Waals surface area contributed by atoms with Crippen LogP contribution < -0.4 is 0 Å². The largest absolute Gasteiger partial charge is 0.461 e. The maximum Gasteiger partial charge on any atom is 0.356 e. The van der Waals surface area contributed by atoms with E-state index in [1.54, 1.807) is 10.7 Å². The van der Waals surface area contributed by atoms with Gasteiger partial charge in [0.25, 0.3) is 0 Å². The van der Waals surface area contributed by atoms with Crippen molar-refractivity contribution < 1.29 is 14.3 Å². The quantitative estimate of drug-likeness (QED) is 0.757. The lowest BCUT2D eigenvalue weighted by Crippen LogP contribution is -2.25. The van der Waals surface area contributed by atoms with Crippen molar-refractivity contribution in [2.45, 2.75) is 33.4 Å². The molecule has 0 aliphatic carbocycles. The summed E-state index contributed by atoms with van der Waals surface area (Å²) in [5, 5.41) is 4.25. The Morgan fingerprint density at radius 2 is 2.08 bits per heavy atom. The Morgan fingerprint density at radius 1 is 1.32 bits per heavy atom. The fraction of sp³-hybridized carbons (Fsp3) is 0.421. The smallest absolute Gasteiger partial charge is 0.356 e. The van der Waals surface area contributed by atoms with E-state index in [2.05, 4.69) is 5.10 Å². The molecule has 1 aliphatic rings. The average Bonchev–Trinajstić information content (AvgIpc) is 3.16. The summed E-state index contributed by atoms with van der Waals surface area (Å²) in [6.45, 7) is 5.87. The molecule has 0 N–H and O–H groups in total. The van der Waals surface area contributed by atoms with Crippen molar-refractivity contribution >= 4 is 11.9 Å². The number of hydrogen-bond donors (Lipinski definition) is 0. The Bertz CT molecular complexity index is 755. The molecule has 0 unspecified atom stereocenters. The second kappa shape index (κ2) is 7.51. The Morgan fingerprint density at radius 3 is 2.80 bits per heavy atom. The summed E-state index contributed by atoms with van der Waals surface area (Å²) in [4.78, 5) is 26.3. The fourth-order valence-electron chi connectivity index (χ4n) is 3.14. The van der Waals surface area contributed by atoms with Crippen LogP contribution in [0.15, 0.2) is 36.4 Å². The molecular weight excluding hydrogens is 318 g/mol. The molecule has 1 fully saturated rings. The zero-order valence-corrected chi connectivity index (χ0v) is 14.6. The lowest BCUT2D eigenvalue weighted by Gasteiger charge is -2.16. The Hall–Kier alpha value is -2.63. The molecule has 3 rings (SSSR count). The molecule has 2 heterocycles. The second-order valence-electron chi connectivity index (χ2n) is 6.42. The van der Waals surface area contributed by atoms with Crippen molar-refractivity contribution in [1.82, 2.24) is 14.7 Å².